The van der Waals surface area contributed by atoms with Crippen LogP contribution in [0.25, 0.3) is 0 Å². The van der Waals surface area contributed by atoms with Gasteiger partial charge in [-0.15, -0.1) is 0 Å². The van der Waals surface area contributed by atoms with E-state index in [9.17, 15) is 4.79 Å². The molecule has 0 aliphatic carbocycles. The van der Waals surface area contributed by atoms with E-state index in [2.05, 4.69) is 48.9 Å². The van der Waals surface area contributed by atoms with Gasteiger partial charge in [-0.1, -0.05) is 62.2 Å². The summed E-state index contributed by atoms with van der Waals surface area (Å²) in [5.41, 5.74) is 0.632. The Morgan fingerprint density at radius 3 is 2.63 bits per heavy atom. The number of carbonyl (C=O) groups is 1. The number of carbonyl (C=O) groups excluding carboxylic acids is 1. The molecule has 5 heteroatoms. The molecule has 3 nitrogen and oxygen atoms in total. The van der Waals surface area contributed by atoms with Gasteiger partial charge < -0.3 is 4.74 Å². The minimum atomic E-state index is -0.476. The van der Waals surface area contributed by atoms with E-state index in [4.69, 9.17) is 4.74 Å². The molecule has 2 heterocycles. The van der Waals surface area contributed by atoms with Crippen LogP contribution in [0.2, 0.25) is 0 Å². The Kier molecular flexibility index (Phi) is 3.71. The molecule has 1 aromatic carbocycles. The predicted octanol–water partition coefficient (Wildman–Crippen LogP) is 2.88. The van der Waals surface area contributed by atoms with Crippen molar-refractivity contribution >= 4 is 37.8 Å². The van der Waals surface area contributed by atoms with Gasteiger partial charge in [0, 0.05) is 19.0 Å². The molecule has 2 aliphatic heterocycles. The average molecular weight is 389 g/mol. The van der Waals surface area contributed by atoms with E-state index in [1.54, 1.807) is 0 Å². The van der Waals surface area contributed by atoms with Crippen molar-refractivity contribution in [2.45, 2.75) is 15.8 Å². The Hall–Kier alpha value is -0.390. The topological polar surface area (TPSA) is 29.5 Å². The molecule has 0 amide bonds. The second kappa shape index (κ2) is 5.19. The standard InChI is InChI=1S/C14H15Br2NO2/c15-12(16)13(18)19-14(10-4-2-1-3-5-10)9-17-7-6-11(14)8-17/h1-5,11-12H,6-9H2. The zero-order chi connectivity index (χ0) is 13.5. The highest BCUT2D eigenvalue weighted by Gasteiger charge is 2.54. The van der Waals surface area contributed by atoms with Crippen LogP contribution >= 0.6 is 31.9 Å². The van der Waals surface area contributed by atoms with Crippen molar-refractivity contribution in [2.75, 3.05) is 19.6 Å². The van der Waals surface area contributed by atoms with Gasteiger partial charge in [0.25, 0.3) is 0 Å². The number of nitrogens with zero attached hydrogens (tertiary/aromatic N) is 1. The van der Waals surface area contributed by atoms with Crippen LogP contribution in [0.3, 0.4) is 0 Å². The van der Waals surface area contributed by atoms with Gasteiger partial charge in [0.2, 0.25) is 0 Å². The summed E-state index contributed by atoms with van der Waals surface area (Å²) in [5, 5.41) is 0. The number of halogens is 2. The molecule has 3 atom stereocenters. The van der Waals surface area contributed by atoms with Gasteiger partial charge in [0.05, 0.1) is 0 Å². The second-order valence-corrected chi connectivity index (χ2v) is 8.26. The van der Waals surface area contributed by atoms with E-state index in [1.165, 1.54) is 0 Å². The molecule has 0 N–H and O–H groups in total. The lowest BCUT2D eigenvalue weighted by atomic mass is 9.81. The van der Waals surface area contributed by atoms with Gasteiger partial charge in [-0.05, 0) is 18.5 Å². The third-order valence-corrected chi connectivity index (χ3v) is 4.86. The Morgan fingerprint density at radius 1 is 1.37 bits per heavy atom. The summed E-state index contributed by atoms with van der Waals surface area (Å²) in [7, 11) is 0. The van der Waals surface area contributed by atoms with E-state index >= 15 is 0 Å². The average Bonchev–Trinajstić information content (AvgIpc) is 3.00. The summed E-state index contributed by atoms with van der Waals surface area (Å²) in [4.78, 5) is 14.4. The molecule has 0 saturated carbocycles. The molecule has 3 rings (SSSR count). The molecule has 0 radical (unpaired) electrons. The van der Waals surface area contributed by atoms with Gasteiger partial charge in [-0.25, -0.2) is 4.79 Å². The molecule has 2 bridgehead atoms. The molecule has 3 unspecified atom stereocenters. The van der Waals surface area contributed by atoms with Crippen molar-refractivity contribution in [3.05, 3.63) is 35.9 Å². The Balaban J connectivity index is 1.95. The molecule has 2 fully saturated rings. The molecule has 102 valence electrons. The molecule has 19 heavy (non-hydrogen) atoms. The number of hydrogen-bond acceptors (Lipinski definition) is 3. The van der Waals surface area contributed by atoms with Gasteiger partial charge in [-0.3, -0.25) is 4.90 Å². The number of rotatable bonds is 3. The minimum absolute atomic E-state index is 0.252. The maximum absolute atomic E-state index is 12.0. The Labute approximate surface area is 129 Å². The molecule has 0 spiro atoms. The van der Waals surface area contributed by atoms with Crippen molar-refractivity contribution in [2.24, 2.45) is 5.92 Å². The van der Waals surface area contributed by atoms with Crippen LogP contribution in [0.1, 0.15) is 12.0 Å². The van der Waals surface area contributed by atoms with Gasteiger partial charge in [0.15, 0.2) is 9.34 Å². The smallest absolute Gasteiger partial charge is 0.331 e. The first-order valence-corrected chi connectivity index (χ1v) is 8.24. The van der Waals surface area contributed by atoms with Gasteiger partial charge >= 0.3 is 5.97 Å². The predicted molar refractivity (Wildman–Crippen MR) is 80.4 cm³/mol. The lowest BCUT2D eigenvalue weighted by Crippen LogP contribution is -2.44. The molecule has 2 aliphatic rings. The zero-order valence-corrected chi connectivity index (χ0v) is 13.6. The first kappa shape index (κ1) is 13.6. The summed E-state index contributed by atoms with van der Waals surface area (Å²) in [5.74, 6) is 0.148. The van der Waals surface area contributed by atoms with Crippen molar-refractivity contribution < 1.29 is 9.53 Å². The normalized spacial score (nSPS) is 32.8. The number of esters is 1. The zero-order valence-electron chi connectivity index (χ0n) is 10.4. The minimum Gasteiger partial charge on any atom is -0.451 e. The van der Waals surface area contributed by atoms with Gasteiger partial charge in [-0.2, -0.15) is 0 Å². The van der Waals surface area contributed by atoms with Gasteiger partial charge in [0.1, 0.15) is 0 Å². The lowest BCUT2D eigenvalue weighted by Gasteiger charge is -2.37. The summed E-state index contributed by atoms with van der Waals surface area (Å²) < 4.78 is 5.46. The number of piperidine rings is 1. The van der Waals surface area contributed by atoms with Crippen LogP contribution in [0.15, 0.2) is 30.3 Å². The number of hydrogen-bond donors (Lipinski definition) is 0. The van der Waals surface area contributed by atoms with Crippen molar-refractivity contribution in [3.8, 4) is 0 Å². The van der Waals surface area contributed by atoms with E-state index in [-0.39, 0.29) is 5.97 Å². The monoisotopic (exact) mass is 387 g/mol. The molecular weight excluding hydrogens is 374 g/mol. The largest absolute Gasteiger partial charge is 0.451 e. The molecular formula is C14H15Br2NO2. The summed E-state index contributed by atoms with van der Waals surface area (Å²) in [6.45, 7) is 2.94. The summed E-state index contributed by atoms with van der Waals surface area (Å²) >= 11 is 6.45. The fourth-order valence-electron chi connectivity index (χ4n) is 3.26. The summed E-state index contributed by atoms with van der Waals surface area (Å²) in [6, 6.07) is 10.1. The molecule has 1 aromatic rings. The maximum Gasteiger partial charge on any atom is 0.331 e. The van der Waals surface area contributed by atoms with Crippen molar-refractivity contribution in [1.82, 2.24) is 4.90 Å². The van der Waals surface area contributed by atoms with Crippen LogP contribution in [0, 0.1) is 5.92 Å². The van der Waals surface area contributed by atoms with E-state index < -0.39 is 9.34 Å². The third-order valence-electron chi connectivity index (χ3n) is 4.11. The maximum atomic E-state index is 12.0. The van der Waals surface area contributed by atoms with Crippen LogP contribution < -0.4 is 0 Å². The van der Waals surface area contributed by atoms with Crippen molar-refractivity contribution in [1.29, 1.82) is 0 Å². The van der Waals surface area contributed by atoms with Crippen molar-refractivity contribution in [3.63, 3.8) is 0 Å². The van der Waals surface area contributed by atoms with E-state index in [1.807, 2.05) is 18.2 Å². The Bertz CT molecular complexity index is 480. The highest BCUT2D eigenvalue weighted by atomic mass is 79.9. The number of benzene rings is 1. The number of alkyl halides is 2. The first-order chi connectivity index (χ1) is 9.12. The van der Waals surface area contributed by atoms with E-state index in [0.717, 1.165) is 31.6 Å². The number of ether oxygens (including phenoxy) is 1. The van der Waals surface area contributed by atoms with Crippen LogP contribution in [-0.2, 0) is 15.1 Å². The Morgan fingerprint density at radius 2 is 2.11 bits per heavy atom. The van der Waals surface area contributed by atoms with Crippen LogP contribution in [0.5, 0.6) is 0 Å². The summed E-state index contributed by atoms with van der Waals surface area (Å²) in [6.07, 6.45) is 1.09. The fraction of sp³-hybridized carbons (Fsp3) is 0.500. The second-order valence-electron chi connectivity index (χ2n) is 5.20. The highest BCUT2D eigenvalue weighted by molar-refractivity contribution is 9.25. The lowest BCUT2D eigenvalue weighted by molar-refractivity contribution is -0.163. The SMILES string of the molecule is O=C(OC1(c2ccccc2)CN2CCC1C2)C(Br)Br. The number of fused-ring (bicyclic) bond motifs is 2. The molecule has 0 aromatic heterocycles. The van der Waals surface area contributed by atoms with E-state index in [0.29, 0.717) is 5.92 Å². The van der Waals surface area contributed by atoms with Crippen LogP contribution in [-0.4, -0.2) is 34.2 Å². The third kappa shape index (κ3) is 2.36. The quantitative estimate of drug-likeness (QED) is 0.589. The van der Waals surface area contributed by atoms with Crippen LogP contribution in [0.4, 0.5) is 0 Å². The molecule has 2 saturated heterocycles. The first-order valence-electron chi connectivity index (χ1n) is 6.41. The highest BCUT2D eigenvalue weighted by Crippen LogP contribution is 2.46. The fourth-order valence-corrected chi connectivity index (χ4v) is 3.45.